The number of amides is 1. The zero-order chi connectivity index (χ0) is 14.3. The van der Waals surface area contributed by atoms with Crippen LogP contribution in [0, 0.1) is 0 Å². The lowest BCUT2D eigenvalue weighted by Crippen LogP contribution is -2.41. The average Bonchev–Trinajstić information content (AvgIpc) is 3.14. The average molecular weight is 343 g/mol. The van der Waals surface area contributed by atoms with E-state index in [0.717, 1.165) is 12.8 Å². The van der Waals surface area contributed by atoms with Gasteiger partial charge in [0, 0.05) is 13.0 Å². The van der Waals surface area contributed by atoms with Crippen molar-refractivity contribution in [3.05, 3.63) is 10.6 Å². The van der Waals surface area contributed by atoms with E-state index in [-0.39, 0.29) is 17.8 Å². The largest absolute Gasteiger partial charge is 0.381 e. The third-order valence-electron chi connectivity index (χ3n) is 3.69. The number of rotatable bonds is 4. The molecule has 2 aliphatic heterocycles. The highest BCUT2D eigenvalue weighted by Crippen LogP contribution is 2.47. The van der Waals surface area contributed by atoms with E-state index in [1.54, 1.807) is 6.08 Å². The molecule has 3 atom stereocenters. The summed E-state index contributed by atoms with van der Waals surface area (Å²) in [6.07, 6.45) is 3.14. The minimum atomic E-state index is -0.811. The van der Waals surface area contributed by atoms with Gasteiger partial charge in [-0.1, -0.05) is 18.5 Å². The quantitative estimate of drug-likeness (QED) is 0.611. The molecule has 7 heteroatoms. The van der Waals surface area contributed by atoms with Crippen LogP contribution >= 0.6 is 15.9 Å². The number of hydrogen-bond acceptors (Lipinski definition) is 5. The van der Waals surface area contributed by atoms with Gasteiger partial charge in [0.15, 0.2) is 11.7 Å². The number of ketones is 1. The van der Waals surface area contributed by atoms with Crippen molar-refractivity contribution in [2.45, 2.75) is 44.0 Å². The Morgan fingerprint density at radius 1 is 1.65 bits per heavy atom. The van der Waals surface area contributed by atoms with Crippen molar-refractivity contribution < 1.29 is 19.2 Å². The van der Waals surface area contributed by atoms with Gasteiger partial charge in [-0.2, -0.15) is 0 Å². The van der Waals surface area contributed by atoms with Crippen molar-refractivity contribution in [2.75, 3.05) is 6.54 Å². The predicted octanol–water partition coefficient (Wildman–Crippen LogP) is 1.05. The first-order chi connectivity index (χ1) is 9.57. The van der Waals surface area contributed by atoms with E-state index in [2.05, 4.69) is 33.3 Å². The first-order valence-corrected chi connectivity index (χ1v) is 7.48. The molecule has 108 valence electrons. The van der Waals surface area contributed by atoms with Crippen LogP contribution in [0.3, 0.4) is 0 Å². The number of oxime groups is 1. The Morgan fingerprint density at radius 3 is 3.20 bits per heavy atom. The van der Waals surface area contributed by atoms with Crippen LogP contribution in [-0.2, 0) is 19.2 Å². The van der Waals surface area contributed by atoms with Gasteiger partial charge in [0.05, 0.1) is 4.48 Å². The highest BCUT2D eigenvalue weighted by atomic mass is 79.9. The number of Topliss-reactive ketones (excluding diaryl/α,β-unsaturated/α-hetero) is 1. The summed E-state index contributed by atoms with van der Waals surface area (Å²) in [6, 6.07) is 0. The van der Waals surface area contributed by atoms with E-state index in [4.69, 9.17) is 9.57 Å². The van der Waals surface area contributed by atoms with Crippen molar-refractivity contribution >= 4 is 33.3 Å². The second kappa shape index (κ2) is 4.96. The number of nitrogens with zero attached hydrogens (tertiary/aromatic N) is 1. The van der Waals surface area contributed by atoms with Crippen LogP contribution < -0.4 is 5.32 Å². The minimum absolute atomic E-state index is 0.0786. The third-order valence-corrected chi connectivity index (χ3v) is 4.31. The summed E-state index contributed by atoms with van der Waals surface area (Å²) < 4.78 is 5.79. The first kappa shape index (κ1) is 13.8. The summed E-state index contributed by atoms with van der Waals surface area (Å²) in [7, 11) is 0. The second-order valence-electron chi connectivity index (χ2n) is 5.20. The van der Waals surface area contributed by atoms with Crippen molar-refractivity contribution in [3.8, 4) is 0 Å². The number of carbonyl (C=O) groups excluding carboxylic acids is 2. The Hall–Kier alpha value is -1.21. The zero-order valence-electron chi connectivity index (χ0n) is 11.0. The molecule has 1 N–H and O–H groups in total. The van der Waals surface area contributed by atoms with Crippen LogP contribution in [-0.4, -0.2) is 41.8 Å². The standard InChI is InChI=1S/C13H15BrN2O4/c1-2-3-4-15-12(18)8-6-13(20-16-8)5-7(14)9(17)10-11(13)19-10/h5,10-11H,2-4,6H2,1H3,(H,15,18)/t10-,11-,13+/m1/s1. The zero-order valence-corrected chi connectivity index (χ0v) is 12.6. The number of hydrogen-bond donors (Lipinski definition) is 1. The van der Waals surface area contributed by atoms with Crippen molar-refractivity contribution in [1.82, 2.24) is 5.32 Å². The molecule has 6 nitrogen and oxygen atoms in total. The van der Waals surface area contributed by atoms with E-state index >= 15 is 0 Å². The number of carbonyl (C=O) groups is 2. The predicted molar refractivity (Wildman–Crippen MR) is 74.5 cm³/mol. The van der Waals surface area contributed by atoms with Crippen molar-refractivity contribution in [3.63, 3.8) is 0 Å². The van der Waals surface area contributed by atoms with Crippen LogP contribution in [0.15, 0.2) is 15.7 Å². The number of nitrogens with one attached hydrogen (secondary N) is 1. The maximum absolute atomic E-state index is 12.0. The van der Waals surface area contributed by atoms with Crippen LogP contribution in [0.5, 0.6) is 0 Å². The molecule has 0 aromatic carbocycles. The molecule has 1 spiro atoms. The molecule has 3 rings (SSSR count). The fourth-order valence-corrected chi connectivity index (χ4v) is 3.10. The summed E-state index contributed by atoms with van der Waals surface area (Å²) in [6.45, 7) is 2.69. The molecule has 0 radical (unpaired) electrons. The van der Waals surface area contributed by atoms with Crippen molar-refractivity contribution in [2.24, 2.45) is 5.16 Å². The molecule has 1 aliphatic carbocycles. The van der Waals surface area contributed by atoms with Crippen molar-refractivity contribution in [1.29, 1.82) is 0 Å². The molecule has 0 unspecified atom stereocenters. The molecule has 0 bridgehead atoms. The van der Waals surface area contributed by atoms with Crippen LogP contribution in [0.1, 0.15) is 26.2 Å². The number of halogens is 1. The van der Waals surface area contributed by atoms with Gasteiger partial charge in [-0.05, 0) is 28.4 Å². The third kappa shape index (κ3) is 2.18. The fraction of sp³-hybridized carbons (Fsp3) is 0.615. The Labute approximate surface area is 124 Å². The first-order valence-electron chi connectivity index (χ1n) is 6.68. The van der Waals surface area contributed by atoms with Gasteiger partial charge < -0.3 is 14.9 Å². The number of ether oxygens (including phenoxy) is 1. The molecule has 0 saturated carbocycles. The molecule has 0 aromatic heterocycles. The maximum atomic E-state index is 12.0. The van der Waals surface area contributed by atoms with E-state index in [1.165, 1.54) is 0 Å². The van der Waals surface area contributed by atoms with Gasteiger partial charge in [0.25, 0.3) is 5.91 Å². The van der Waals surface area contributed by atoms with Crippen LogP contribution in [0.25, 0.3) is 0 Å². The molecule has 20 heavy (non-hydrogen) atoms. The lowest BCUT2D eigenvalue weighted by molar-refractivity contribution is -0.116. The summed E-state index contributed by atoms with van der Waals surface area (Å²) in [5.74, 6) is -0.293. The minimum Gasteiger partial charge on any atom is -0.381 e. The molecule has 0 aromatic rings. The summed E-state index contributed by atoms with van der Waals surface area (Å²) in [5.41, 5.74) is -0.462. The normalized spacial score (nSPS) is 34.2. The maximum Gasteiger partial charge on any atom is 0.269 e. The van der Waals surface area contributed by atoms with Crippen LogP contribution in [0.2, 0.25) is 0 Å². The summed E-state index contributed by atoms with van der Waals surface area (Å²) in [5, 5.41) is 6.68. The monoisotopic (exact) mass is 342 g/mol. The highest BCUT2D eigenvalue weighted by Gasteiger charge is 2.65. The molecular weight excluding hydrogens is 328 g/mol. The smallest absolute Gasteiger partial charge is 0.269 e. The fourth-order valence-electron chi connectivity index (χ4n) is 2.49. The Morgan fingerprint density at radius 2 is 2.45 bits per heavy atom. The number of unbranched alkanes of at least 4 members (excludes halogenated alkanes) is 1. The summed E-state index contributed by atoms with van der Waals surface area (Å²) in [4.78, 5) is 29.1. The Kier molecular flexibility index (Phi) is 3.41. The lowest BCUT2D eigenvalue weighted by Gasteiger charge is -2.23. The molecule has 1 saturated heterocycles. The SMILES string of the molecule is CCCCNC(=O)C1=NO[C@@]2(C=C(Br)C(=O)[C@H]3O[C@H]32)C1. The van der Waals surface area contributed by atoms with Gasteiger partial charge in [-0.15, -0.1) is 0 Å². The highest BCUT2D eigenvalue weighted by molar-refractivity contribution is 9.12. The van der Waals surface area contributed by atoms with E-state index in [1.807, 2.05) is 0 Å². The number of epoxide rings is 1. The summed E-state index contributed by atoms with van der Waals surface area (Å²) >= 11 is 3.21. The van der Waals surface area contributed by atoms with Crippen LogP contribution in [0.4, 0.5) is 0 Å². The van der Waals surface area contributed by atoms with Gasteiger partial charge in [-0.3, -0.25) is 9.59 Å². The Balaban J connectivity index is 1.67. The van der Waals surface area contributed by atoms with E-state index < -0.39 is 11.7 Å². The van der Waals surface area contributed by atoms with Gasteiger partial charge in [0.1, 0.15) is 11.8 Å². The molecule has 1 fully saturated rings. The number of fused-ring (bicyclic) bond motifs is 2. The molecule has 2 heterocycles. The van der Waals surface area contributed by atoms with Gasteiger partial charge >= 0.3 is 0 Å². The van der Waals surface area contributed by atoms with E-state index in [0.29, 0.717) is 23.2 Å². The molecule has 3 aliphatic rings. The Bertz CT molecular complexity index is 530. The second-order valence-corrected chi connectivity index (χ2v) is 6.06. The van der Waals surface area contributed by atoms with E-state index in [9.17, 15) is 9.59 Å². The van der Waals surface area contributed by atoms with Gasteiger partial charge in [-0.25, -0.2) is 0 Å². The topological polar surface area (TPSA) is 80.3 Å². The lowest BCUT2D eigenvalue weighted by atomic mass is 9.86. The molecular formula is C13H15BrN2O4. The van der Waals surface area contributed by atoms with Gasteiger partial charge in [0.2, 0.25) is 5.78 Å². The molecule has 1 amide bonds.